The molecule has 94 valence electrons. The first-order chi connectivity index (χ1) is 8.54. The fourth-order valence-electron chi connectivity index (χ4n) is 2.73. The Labute approximate surface area is 108 Å². The zero-order chi connectivity index (χ0) is 12.8. The van der Waals surface area contributed by atoms with Gasteiger partial charge in [-0.1, -0.05) is 18.2 Å². The van der Waals surface area contributed by atoms with Gasteiger partial charge in [-0.15, -0.1) is 0 Å². The van der Waals surface area contributed by atoms with Gasteiger partial charge in [-0.3, -0.25) is 4.98 Å². The van der Waals surface area contributed by atoms with Gasteiger partial charge in [0, 0.05) is 22.3 Å². The molecule has 2 aromatic rings. The Morgan fingerprint density at radius 1 is 1.11 bits per heavy atom. The molecule has 0 aliphatic heterocycles. The third-order valence-electron chi connectivity index (χ3n) is 3.42. The maximum atomic E-state index is 4.81. The Balaban J connectivity index is 2.26. The predicted octanol–water partition coefficient (Wildman–Crippen LogP) is 3.93. The van der Waals surface area contributed by atoms with Gasteiger partial charge in [0.2, 0.25) is 0 Å². The predicted molar refractivity (Wildman–Crippen MR) is 77.1 cm³/mol. The van der Waals surface area contributed by atoms with Gasteiger partial charge in [-0.25, -0.2) is 0 Å². The Hall–Kier alpha value is -1.57. The molecule has 0 saturated carbocycles. The third-order valence-corrected chi connectivity index (χ3v) is 3.42. The van der Waals surface area contributed by atoms with E-state index in [0.29, 0.717) is 0 Å². The van der Waals surface area contributed by atoms with E-state index in [4.69, 9.17) is 4.98 Å². The lowest BCUT2D eigenvalue weighted by Gasteiger charge is -2.25. The first-order valence-electron chi connectivity index (χ1n) is 6.73. The number of aryl methyl sites for hydroxylation is 1. The summed E-state index contributed by atoms with van der Waals surface area (Å²) in [4.78, 5) is 4.81. The van der Waals surface area contributed by atoms with Gasteiger partial charge in [0.25, 0.3) is 0 Å². The van der Waals surface area contributed by atoms with E-state index >= 15 is 0 Å². The van der Waals surface area contributed by atoms with Crippen molar-refractivity contribution in [3.05, 3.63) is 35.5 Å². The van der Waals surface area contributed by atoms with Crippen LogP contribution < -0.4 is 5.32 Å². The van der Waals surface area contributed by atoms with Crippen molar-refractivity contribution in [3.63, 3.8) is 0 Å². The van der Waals surface area contributed by atoms with Crippen LogP contribution in [0.5, 0.6) is 0 Å². The number of fused-ring (bicyclic) bond motifs is 2. The molecule has 2 nitrogen and oxygen atoms in total. The number of benzene rings is 1. The lowest BCUT2D eigenvalue weighted by molar-refractivity contribution is 0.634. The van der Waals surface area contributed by atoms with E-state index < -0.39 is 0 Å². The largest absolute Gasteiger partial charge is 0.380 e. The summed E-state index contributed by atoms with van der Waals surface area (Å²) < 4.78 is 0. The molecule has 0 radical (unpaired) electrons. The highest BCUT2D eigenvalue weighted by molar-refractivity contribution is 5.94. The van der Waals surface area contributed by atoms with E-state index in [1.165, 1.54) is 28.8 Å². The molecule has 1 heterocycles. The fourth-order valence-corrected chi connectivity index (χ4v) is 2.73. The third kappa shape index (κ3) is 1.96. The van der Waals surface area contributed by atoms with Crippen LogP contribution in [-0.2, 0) is 12.8 Å². The quantitative estimate of drug-likeness (QED) is 0.816. The van der Waals surface area contributed by atoms with Gasteiger partial charge in [-0.05, 0) is 51.7 Å². The van der Waals surface area contributed by atoms with E-state index in [1.54, 1.807) is 0 Å². The van der Waals surface area contributed by atoms with Crippen LogP contribution in [0, 0.1) is 0 Å². The smallest absolute Gasteiger partial charge is 0.0726 e. The average molecular weight is 240 g/mol. The fraction of sp³-hybridized carbons (Fsp3) is 0.438. The number of aromatic nitrogens is 1. The molecule has 3 rings (SSSR count). The highest BCUT2D eigenvalue weighted by atomic mass is 15.0. The molecule has 0 fully saturated rings. The molecule has 0 amide bonds. The standard InChI is InChI=1S/C16H20N2/c1-16(2,3)18-15-11-7-4-5-9-13(11)17-14-10-6-8-12(14)15/h4-5,7,9H,6,8,10H2,1-3H3,(H,17,18). The number of anilines is 1. The number of nitrogens with zero attached hydrogens (tertiary/aromatic N) is 1. The number of pyridine rings is 1. The Kier molecular flexibility index (Phi) is 2.54. The van der Waals surface area contributed by atoms with Crippen molar-refractivity contribution in [2.45, 2.75) is 45.6 Å². The zero-order valence-corrected chi connectivity index (χ0v) is 11.4. The monoisotopic (exact) mass is 240 g/mol. The summed E-state index contributed by atoms with van der Waals surface area (Å²) in [6.07, 6.45) is 3.52. The van der Waals surface area contributed by atoms with Crippen molar-refractivity contribution in [1.82, 2.24) is 4.98 Å². The van der Waals surface area contributed by atoms with Gasteiger partial charge in [-0.2, -0.15) is 0 Å². The highest BCUT2D eigenvalue weighted by Crippen LogP contribution is 2.35. The van der Waals surface area contributed by atoms with Gasteiger partial charge >= 0.3 is 0 Å². The van der Waals surface area contributed by atoms with Crippen LogP contribution >= 0.6 is 0 Å². The minimum absolute atomic E-state index is 0.0838. The van der Waals surface area contributed by atoms with Crippen LogP contribution in [0.1, 0.15) is 38.4 Å². The summed E-state index contributed by atoms with van der Waals surface area (Å²) in [5.74, 6) is 0. The van der Waals surface area contributed by atoms with Gasteiger partial charge < -0.3 is 5.32 Å². The van der Waals surface area contributed by atoms with E-state index in [1.807, 2.05) is 0 Å². The average Bonchev–Trinajstić information content (AvgIpc) is 2.75. The van der Waals surface area contributed by atoms with Crippen molar-refractivity contribution in [3.8, 4) is 0 Å². The molecule has 0 spiro atoms. The topological polar surface area (TPSA) is 24.9 Å². The first-order valence-corrected chi connectivity index (χ1v) is 6.73. The highest BCUT2D eigenvalue weighted by Gasteiger charge is 2.22. The summed E-state index contributed by atoms with van der Waals surface area (Å²) in [5, 5.41) is 4.94. The normalized spacial score (nSPS) is 14.8. The summed E-state index contributed by atoms with van der Waals surface area (Å²) >= 11 is 0. The molecule has 1 aliphatic rings. The number of rotatable bonds is 1. The SMILES string of the molecule is CC(C)(C)Nc1c2c(nc3ccccc13)CCC2. The number of nitrogens with one attached hydrogen (secondary N) is 1. The second-order valence-corrected chi connectivity index (χ2v) is 6.16. The summed E-state index contributed by atoms with van der Waals surface area (Å²) in [7, 11) is 0. The molecule has 2 heteroatoms. The molecule has 0 unspecified atom stereocenters. The number of hydrogen-bond acceptors (Lipinski definition) is 2. The van der Waals surface area contributed by atoms with E-state index in [0.717, 1.165) is 18.4 Å². The van der Waals surface area contributed by atoms with E-state index in [-0.39, 0.29) is 5.54 Å². The lowest BCUT2D eigenvalue weighted by atomic mass is 10.0. The Bertz CT molecular complexity index is 594. The molecule has 0 bridgehead atoms. The molecule has 1 N–H and O–H groups in total. The van der Waals surface area contributed by atoms with Gasteiger partial charge in [0.05, 0.1) is 5.52 Å². The molecule has 1 aliphatic carbocycles. The minimum Gasteiger partial charge on any atom is -0.380 e. The van der Waals surface area contributed by atoms with E-state index in [2.05, 4.69) is 50.4 Å². The molecule has 1 aromatic heterocycles. The maximum Gasteiger partial charge on any atom is 0.0726 e. The number of hydrogen-bond donors (Lipinski definition) is 1. The summed E-state index contributed by atoms with van der Waals surface area (Å²) in [5.41, 5.74) is 5.23. The van der Waals surface area contributed by atoms with Crippen LogP contribution in [0.4, 0.5) is 5.69 Å². The van der Waals surface area contributed by atoms with Crippen molar-refractivity contribution in [2.24, 2.45) is 0 Å². The second kappa shape index (κ2) is 3.98. The van der Waals surface area contributed by atoms with Crippen molar-refractivity contribution in [2.75, 3.05) is 5.32 Å². The van der Waals surface area contributed by atoms with Crippen LogP contribution in [0.3, 0.4) is 0 Å². The molecular formula is C16H20N2. The Morgan fingerprint density at radius 2 is 1.89 bits per heavy atom. The Morgan fingerprint density at radius 3 is 2.67 bits per heavy atom. The van der Waals surface area contributed by atoms with Crippen LogP contribution in [-0.4, -0.2) is 10.5 Å². The lowest BCUT2D eigenvalue weighted by Crippen LogP contribution is -2.27. The molecule has 18 heavy (non-hydrogen) atoms. The minimum atomic E-state index is 0.0838. The molecular weight excluding hydrogens is 220 g/mol. The van der Waals surface area contributed by atoms with Crippen LogP contribution in [0.2, 0.25) is 0 Å². The molecule has 1 aromatic carbocycles. The first kappa shape index (κ1) is 11.5. The summed E-state index contributed by atoms with van der Waals surface area (Å²) in [6, 6.07) is 8.45. The van der Waals surface area contributed by atoms with E-state index in [9.17, 15) is 0 Å². The van der Waals surface area contributed by atoms with Crippen LogP contribution in [0.25, 0.3) is 10.9 Å². The van der Waals surface area contributed by atoms with Crippen molar-refractivity contribution < 1.29 is 0 Å². The van der Waals surface area contributed by atoms with Crippen molar-refractivity contribution >= 4 is 16.6 Å². The second-order valence-electron chi connectivity index (χ2n) is 6.16. The zero-order valence-electron chi connectivity index (χ0n) is 11.4. The molecule has 0 saturated heterocycles. The van der Waals surface area contributed by atoms with Crippen molar-refractivity contribution in [1.29, 1.82) is 0 Å². The number of para-hydroxylation sites is 1. The maximum absolute atomic E-state index is 4.81. The summed E-state index contributed by atoms with van der Waals surface area (Å²) in [6.45, 7) is 6.64. The molecule has 0 atom stereocenters. The van der Waals surface area contributed by atoms with Gasteiger partial charge in [0.1, 0.15) is 0 Å². The van der Waals surface area contributed by atoms with Crippen LogP contribution in [0.15, 0.2) is 24.3 Å². The van der Waals surface area contributed by atoms with Gasteiger partial charge in [0.15, 0.2) is 0 Å².